The Hall–Kier alpha value is -3.32. The van der Waals surface area contributed by atoms with E-state index in [-0.39, 0.29) is 11.6 Å². The van der Waals surface area contributed by atoms with Crippen LogP contribution in [-0.2, 0) is 13.1 Å². The summed E-state index contributed by atoms with van der Waals surface area (Å²) in [6.07, 6.45) is 7.97. The summed E-state index contributed by atoms with van der Waals surface area (Å²) in [6, 6.07) is 19.0. The largest absolute Gasteiger partial charge is 0.321 e. The Balaban J connectivity index is 1.53. The van der Waals surface area contributed by atoms with Crippen molar-refractivity contribution in [3.63, 3.8) is 0 Å². The quantitative estimate of drug-likeness (QED) is 0.337. The fourth-order valence-electron chi connectivity index (χ4n) is 5.69. The summed E-state index contributed by atoms with van der Waals surface area (Å²) >= 11 is 0. The first-order valence-electron chi connectivity index (χ1n) is 13.3. The molecule has 0 radical (unpaired) electrons. The summed E-state index contributed by atoms with van der Waals surface area (Å²) in [6.45, 7) is 5.48. The standard InChI is InChI=1S/C29H36N6O/c1-3-11-26(28-31-32-33-35(28)19-22-13-6-4-7-14-22)34(25-16-8-5-9-17-25)20-24-18-23-15-10-12-21(2)27(23)30-29(24)36/h4,6-7,10,12-15,18,25-26H,3,5,8-9,11,16-17,19-20H2,1-2H3,(H,30,36)/t26-/m1/s1. The zero-order chi connectivity index (χ0) is 24.9. The molecule has 0 spiro atoms. The molecule has 5 rings (SSSR count). The van der Waals surface area contributed by atoms with Gasteiger partial charge >= 0.3 is 0 Å². The lowest BCUT2D eigenvalue weighted by Gasteiger charge is -2.39. The van der Waals surface area contributed by atoms with Crippen LogP contribution in [-0.4, -0.2) is 36.1 Å². The molecule has 1 N–H and O–H groups in total. The van der Waals surface area contributed by atoms with Crippen molar-refractivity contribution in [3.05, 3.63) is 87.5 Å². The molecule has 2 aromatic heterocycles. The molecule has 0 unspecified atom stereocenters. The van der Waals surface area contributed by atoms with Crippen molar-refractivity contribution in [1.29, 1.82) is 0 Å². The molecular formula is C29H36N6O. The predicted octanol–water partition coefficient (Wildman–Crippen LogP) is 5.55. The number of nitrogens with zero attached hydrogens (tertiary/aromatic N) is 5. The van der Waals surface area contributed by atoms with E-state index in [4.69, 9.17) is 0 Å². The number of hydrogen-bond acceptors (Lipinski definition) is 5. The molecule has 7 heteroatoms. The Bertz CT molecular complexity index is 1340. The molecule has 4 aromatic rings. The Morgan fingerprint density at radius 1 is 1.08 bits per heavy atom. The molecule has 1 saturated carbocycles. The average molecular weight is 485 g/mol. The average Bonchev–Trinajstić information content (AvgIpc) is 3.36. The summed E-state index contributed by atoms with van der Waals surface area (Å²) in [7, 11) is 0. The van der Waals surface area contributed by atoms with Crippen LogP contribution in [0.3, 0.4) is 0 Å². The highest BCUT2D eigenvalue weighted by Gasteiger charge is 2.32. The van der Waals surface area contributed by atoms with Crippen LogP contribution in [0.2, 0.25) is 0 Å². The van der Waals surface area contributed by atoms with Gasteiger partial charge in [0, 0.05) is 18.2 Å². The fourth-order valence-corrected chi connectivity index (χ4v) is 5.69. The van der Waals surface area contributed by atoms with Gasteiger partial charge in [0.05, 0.1) is 18.1 Å². The minimum absolute atomic E-state index is 0.00302. The number of tetrazole rings is 1. The number of H-pyrrole nitrogens is 1. The first-order chi connectivity index (χ1) is 17.6. The van der Waals surface area contributed by atoms with Crippen molar-refractivity contribution in [2.45, 2.75) is 84.0 Å². The lowest BCUT2D eigenvalue weighted by molar-refractivity contribution is 0.0812. The molecule has 0 bridgehead atoms. The van der Waals surface area contributed by atoms with Gasteiger partial charge in [-0.1, -0.05) is 81.1 Å². The molecule has 0 amide bonds. The van der Waals surface area contributed by atoms with Gasteiger partial charge in [-0.25, -0.2) is 4.68 Å². The van der Waals surface area contributed by atoms with E-state index in [1.165, 1.54) is 24.8 Å². The molecule has 2 aromatic carbocycles. The molecule has 1 aliphatic carbocycles. The second kappa shape index (κ2) is 11.2. The fraction of sp³-hybridized carbons (Fsp3) is 0.448. The molecule has 36 heavy (non-hydrogen) atoms. The van der Waals surface area contributed by atoms with E-state index in [1.807, 2.05) is 35.9 Å². The van der Waals surface area contributed by atoms with Crippen molar-refractivity contribution >= 4 is 10.9 Å². The highest BCUT2D eigenvalue weighted by molar-refractivity contribution is 5.81. The van der Waals surface area contributed by atoms with E-state index in [1.54, 1.807) is 0 Å². The van der Waals surface area contributed by atoms with E-state index < -0.39 is 0 Å². The number of hydrogen-bond donors (Lipinski definition) is 1. The number of aryl methyl sites for hydroxylation is 1. The van der Waals surface area contributed by atoms with Crippen LogP contribution in [0.15, 0.2) is 59.4 Å². The van der Waals surface area contributed by atoms with Gasteiger partial charge in [0.15, 0.2) is 5.82 Å². The number of fused-ring (bicyclic) bond motifs is 1. The van der Waals surface area contributed by atoms with Gasteiger partial charge < -0.3 is 4.98 Å². The number of rotatable bonds is 9. The summed E-state index contributed by atoms with van der Waals surface area (Å²) in [4.78, 5) is 18.9. The van der Waals surface area contributed by atoms with Crippen LogP contribution in [0.1, 0.15) is 80.4 Å². The highest BCUT2D eigenvalue weighted by atomic mass is 16.1. The van der Waals surface area contributed by atoms with Crippen molar-refractivity contribution in [3.8, 4) is 0 Å². The van der Waals surface area contributed by atoms with E-state index >= 15 is 0 Å². The third kappa shape index (κ3) is 5.26. The van der Waals surface area contributed by atoms with E-state index in [9.17, 15) is 4.79 Å². The monoisotopic (exact) mass is 484 g/mol. The highest BCUT2D eigenvalue weighted by Crippen LogP contribution is 2.34. The van der Waals surface area contributed by atoms with Crippen LogP contribution < -0.4 is 5.56 Å². The van der Waals surface area contributed by atoms with Gasteiger partial charge in [-0.2, -0.15) is 0 Å². The Kier molecular flexibility index (Phi) is 7.56. The molecule has 2 heterocycles. The van der Waals surface area contributed by atoms with Gasteiger partial charge in [-0.05, 0) is 59.2 Å². The number of pyridine rings is 1. The van der Waals surface area contributed by atoms with Crippen molar-refractivity contribution in [2.75, 3.05) is 0 Å². The van der Waals surface area contributed by atoms with Crippen LogP contribution in [0.4, 0.5) is 0 Å². The van der Waals surface area contributed by atoms with Gasteiger partial charge in [0.1, 0.15) is 0 Å². The van der Waals surface area contributed by atoms with Gasteiger partial charge in [0.2, 0.25) is 0 Å². The first-order valence-corrected chi connectivity index (χ1v) is 13.3. The van der Waals surface area contributed by atoms with Crippen LogP contribution in [0, 0.1) is 6.92 Å². The maximum absolute atomic E-state index is 13.3. The second-order valence-corrected chi connectivity index (χ2v) is 10.1. The third-order valence-corrected chi connectivity index (χ3v) is 7.56. The van der Waals surface area contributed by atoms with E-state index in [0.29, 0.717) is 19.1 Å². The number of benzene rings is 2. The minimum atomic E-state index is -0.00302. The molecule has 7 nitrogen and oxygen atoms in total. The maximum Gasteiger partial charge on any atom is 0.252 e. The maximum atomic E-state index is 13.3. The zero-order valence-corrected chi connectivity index (χ0v) is 21.4. The molecular weight excluding hydrogens is 448 g/mol. The van der Waals surface area contributed by atoms with E-state index in [2.05, 4.69) is 62.7 Å². The van der Waals surface area contributed by atoms with Crippen LogP contribution in [0.25, 0.3) is 10.9 Å². The summed E-state index contributed by atoms with van der Waals surface area (Å²) in [5.41, 5.74) is 3.99. The number of para-hydroxylation sites is 1. The molecule has 1 fully saturated rings. The smallest absolute Gasteiger partial charge is 0.252 e. The van der Waals surface area contributed by atoms with Crippen molar-refractivity contribution in [2.24, 2.45) is 0 Å². The molecule has 1 atom stereocenters. The second-order valence-electron chi connectivity index (χ2n) is 10.1. The van der Waals surface area contributed by atoms with E-state index in [0.717, 1.165) is 53.5 Å². The predicted molar refractivity (Wildman–Crippen MR) is 143 cm³/mol. The third-order valence-electron chi connectivity index (χ3n) is 7.56. The molecule has 188 valence electrons. The Labute approximate surface area is 212 Å². The summed E-state index contributed by atoms with van der Waals surface area (Å²) < 4.78 is 1.94. The van der Waals surface area contributed by atoms with Crippen molar-refractivity contribution < 1.29 is 0 Å². The lowest BCUT2D eigenvalue weighted by Crippen LogP contribution is -2.41. The molecule has 1 aliphatic rings. The lowest BCUT2D eigenvalue weighted by atomic mass is 9.91. The zero-order valence-electron chi connectivity index (χ0n) is 21.4. The number of nitrogens with one attached hydrogen (secondary N) is 1. The van der Waals surface area contributed by atoms with Gasteiger partial charge in [-0.15, -0.1) is 5.10 Å². The van der Waals surface area contributed by atoms with Crippen LogP contribution >= 0.6 is 0 Å². The SMILES string of the molecule is CCC[C@H](c1nnnn1Cc1ccccc1)N(Cc1cc2cccc(C)c2[nH]c1=O)C1CCCCC1. The normalized spacial score (nSPS) is 15.5. The van der Waals surface area contributed by atoms with Crippen molar-refractivity contribution in [1.82, 2.24) is 30.1 Å². The molecule has 0 aliphatic heterocycles. The molecule has 0 saturated heterocycles. The van der Waals surface area contributed by atoms with Crippen LogP contribution in [0.5, 0.6) is 0 Å². The van der Waals surface area contributed by atoms with Gasteiger partial charge in [0.25, 0.3) is 5.56 Å². The van der Waals surface area contributed by atoms with Gasteiger partial charge in [-0.3, -0.25) is 9.69 Å². The Morgan fingerprint density at radius 3 is 2.67 bits per heavy atom. The first kappa shape index (κ1) is 24.4. The topological polar surface area (TPSA) is 79.7 Å². The minimum Gasteiger partial charge on any atom is -0.321 e. The summed E-state index contributed by atoms with van der Waals surface area (Å²) in [5, 5.41) is 14.1. The Morgan fingerprint density at radius 2 is 1.89 bits per heavy atom. The number of aromatic amines is 1. The summed E-state index contributed by atoms with van der Waals surface area (Å²) in [5.74, 6) is 0.888. The number of aromatic nitrogens is 5.